The number of aryl methyl sites for hydroxylation is 1. The summed E-state index contributed by atoms with van der Waals surface area (Å²) in [4.78, 5) is 17.0. The maximum absolute atomic E-state index is 12.8. The fourth-order valence-corrected chi connectivity index (χ4v) is 4.98. The molecule has 7 heteroatoms. The van der Waals surface area contributed by atoms with Crippen molar-refractivity contribution in [3.8, 4) is 0 Å². The summed E-state index contributed by atoms with van der Waals surface area (Å²) in [5.74, 6) is 0.540. The number of sulfonamides is 1. The van der Waals surface area contributed by atoms with Gasteiger partial charge >= 0.3 is 5.69 Å². The third-order valence-electron chi connectivity index (χ3n) is 5.37. The van der Waals surface area contributed by atoms with E-state index in [0.717, 1.165) is 5.56 Å². The Hall–Kier alpha value is -2.54. The van der Waals surface area contributed by atoms with Gasteiger partial charge in [-0.3, -0.25) is 4.72 Å². The second-order valence-corrected chi connectivity index (χ2v) is 8.98. The Balaban J connectivity index is 1.59. The van der Waals surface area contributed by atoms with E-state index < -0.39 is 10.0 Å². The lowest BCUT2D eigenvalue weighted by Crippen LogP contribution is -2.14. The monoisotopic (exact) mass is 385 g/mol. The number of fused-ring (bicyclic) bond motifs is 1. The number of nitrogens with one attached hydrogen (secondary N) is 3. The number of hydrogen-bond acceptors (Lipinski definition) is 3. The summed E-state index contributed by atoms with van der Waals surface area (Å²) in [6.45, 7) is 1.80. The molecule has 3 aromatic rings. The molecule has 1 aromatic heterocycles. The van der Waals surface area contributed by atoms with Gasteiger partial charge in [-0.05, 0) is 61.1 Å². The predicted octanol–water partition coefficient (Wildman–Crippen LogP) is 4.01. The predicted molar refractivity (Wildman–Crippen MR) is 107 cm³/mol. The molecule has 1 heterocycles. The Morgan fingerprint density at radius 2 is 1.59 bits per heavy atom. The van der Waals surface area contributed by atoms with Crippen LogP contribution in [0.1, 0.15) is 49.1 Å². The van der Waals surface area contributed by atoms with Gasteiger partial charge in [0.25, 0.3) is 10.0 Å². The molecule has 142 valence electrons. The van der Waals surface area contributed by atoms with Crippen LogP contribution < -0.4 is 10.4 Å². The van der Waals surface area contributed by atoms with Gasteiger partial charge in [0.1, 0.15) is 0 Å². The van der Waals surface area contributed by atoms with Crippen LogP contribution in [0, 0.1) is 6.92 Å². The van der Waals surface area contributed by atoms with Crippen LogP contribution in [0.4, 0.5) is 5.69 Å². The topological polar surface area (TPSA) is 94.8 Å². The van der Waals surface area contributed by atoms with E-state index in [1.807, 2.05) is 12.1 Å². The molecule has 0 atom stereocenters. The minimum atomic E-state index is -3.70. The van der Waals surface area contributed by atoms with E-state index in [4.69, 9.17) is 0 Å². The molecular weight excluding hydrogens is 362 g/mol. The summed E-state index contributed by atoms with van der Waals surface area (Å²) in [6.07, 6.45) is 6.14. The first-order valence-corrected chi connectivity index (χ1v) is 10.8. The zero-order chi connectivity index (χ0) is 19.0. The Kier molecular flexibility index (Phi) is 4.55. The summed E-state index contributed by atoms with van der Waals surface area (Å²) in [6, 6.07) is 10.6. The fraction of sp³-hybridized carbons (Fsp3) is 0.350. The average molecular weight is 385 g/mol. The minimum Gasteiger partial charge on any atom is -0.306 e. The normalized spacial score (nSPS) is 15.9. The van der Waals surface area contributed by atoms with E-state index >= 15 is 0 Å². The largest absolute Gasteiger partial charge is 0.323 e. The van der Waals surface area contributed by atoms with Crippen molar-refractivity contribution in [2.45, 2.75) is 49.8 Å². The number of benzene rings is 2. The van der Waals surface area contributed by atoms with Crippen LogP contribution in [-0.2, 0) is 10.0 Å². The first-order valence-electron chi connectivity index (χ1n) is 9.28. The Labute approximate surface area is 158 Å². The van der Waals surface area contributed by atoms with Crippen LogP contribution in [0.2, 0.25) is 0 Å². The molecule has 0 bridgehead atoms. The van der Waals surface area contributed by atoms with Crippen molar-refractivity contribution in [3.63, 3.8) is 0 Å². The smallest absolute Gasteiger partial charge is 0.306 e. The van der Waals surface area contributed by atoms with Crippen LogP contribution in [0.15, 0.2) is 46.1 Å². The van der Waals surface area contributed by atoms with E-state index in [2.05, 4.69) is 14.7 Å². The molecule has 0 saturated heterocycles. The molecule has 6 nitrogen and oxygen atoms in total. The van der Waals surface area contributed by atoms with Crippen molar-refractivity contribution >= 4 is 26.7 Å². The average Bonchev–Trinajstić information content (AvgIpc) is 3.01. The summed E-state index contributed by atoms with van der Waals surface area (Å²) in [7, 11) is -3.70. The molecule has 0 spiro atoms. The Morgan fingerprint density at radius 1 is 0.963 bits per heavy atom. The zero-order valence-corrected chi connectivity index (χ0v) is 16.0. The van der Waals surface area contributed by atoms with E-state index in [9.17, 15) is 13.2 Å². The first kappa shape index (κ1) is 17.9. The van der Waals surface area contributed by atoms with Gasteiger partial charge in [-0.25, -0.2) is 13.2 Å². The number of imidazole rings is 1. The molecular formula is C20H23N3O3S. The highest BCUT2D eigenvalue weighted by Gasteiger charge is 2.19. The lowest BCUT2D eigenvalue weighted by Gasteiger charge is -2.22. The summed E-state index contributed by atoms with van der Waals surface area (Å²) in [5, 5.41) is 0. The van der Waals surface area contributed by atoms with Gasteiger partial charge in [-0.15, -0.1) is 0 Å². The van der Waals surface area contributed by atoms with Crippen molar-refractivity contribution in [2.75, 3.05) is 4.72 Å². The van der Waals surface area contributed by atoms with Crippen molar-refractivity contribution in [1.29, 1.82) is 0 Å². The fourth-order valence-electron chi connectivity index (χ4n) is 3.86. The molecule has 0 aliphatic heterocycles. The van der Waals surface area contributed by atoms with Gasteiger partial charge in [0, 0.05) is 0 Å². The van der Waals surface area contributed by atoms with Crippen LogP contribution in [0.25, 0.3) is 11.0 Å². The number of anilines is 1. The standard InChI is InChI=1S/C20H23N3O3S/c1-13-11-18-19(22-20(24)21-18)12-17(13)23-27(25,26)16-9-7-15(8-10-16)14-5-3-2-4-6-14/h7-12,14,23H,2-6H2,1H3,(H2,21,22,24). The number of H-pyrrole nitrogens is 2. The van der Waals surface area contributed by atoms with Gasteiger partial charge in [0.05, 0.1) is 21.6 Å². The van der Waals surface area contributed by atoms with Crippen LogP contribution in [-0.4, -0.2) is 18.4 Å². The van der Waals surface area contributed by atoms with Crippen molar-refractivity contribution in [1.82, 2.24) is 9.97 Å². The maximum Gasteiger partial charge on any atom is 0.323 e. The third kappa shape index (κ3) is 3.64. The molecule has 1 saturated carbocycles. The molecule has 0 radical (unpaired) electrons. The number of rotatable bonds is 4. The minimum absolute atomic E-state index is 0.240. The molecule has 2 aromatic carbocycles. The first-order chi connectivity index (χ1) is 12.9. The van der Waals surface area contributed by atoms with Crippen molar-refractivity contribution in [3.05, 3.63) is 58.0 Å². The lowest BCUT2D eigenvalue weighted by molar-refractivity contribution is 0.443. The highest BCUT2D eigenvalue weighted by Crippen LogP contribution is 2.33. The Bertz CT molecular complexity index is 1120. The molecule has 0 unspecified atom stereocenters. The van der Waals surface area contributed by atoms with E-state index in [-0.39, 0.29) is 10.6 Å². The third-order valence-corrected chi connectivity index (χ3v) is 6.75. The molecule has 0 amide bonds. The van der Waals surface area contributed by atoms with E-state index in [1.165, 1.54) is 37.7 Å². The van der Waals surface area contributed by atoms with Gasteiger partial charge in [-0.2, -0.15) is 0 Å². The van der Waals surface area contributed by atoms with Crippen molar-refractivity contribution < 1.29 is 8.42 Å². The lowest BCUT2D eigenvalue weighted by atomic mass is 9.84. The number of hydrogen-bond donors (Lipinski definition) is 3. The van der Waals surface area contributed by atoms with E-state index in [1.54, 1.807) is 31.2 Å². The zero-order valence-electron chi connectivity index (χ0n) is 15.2. The quantitative estimate of drug-likeness (QED) is 0.633. The summed E-state index contributed by atoms with van der Waals surface area (Å²) >= 11 is 0. The second-order valence-electron chi connectivity index (χ2n) is 7.30. The molecule has 4 rings (SSSR count). The van der Waals surface area contributed by atoms with Gasteiger partial charge < -0.3 is 9.97 Å². The van der Waals surface area contributed by atoms with Gasteiger partial charge in [0.15, 0.2) is 0 Å². The summed E-state index contributed by atoms with van der Waals surface area (Å²) < 4.78 is 28.2. The van der Waals surface area contributed by atoms with Gasteiger partial charge in [0.2, 0.25) is 0 Å². The number of aromatic amines is 2. The maximum atomic E-state index is 12.8. The summed E-state index contributed by atoms with van der Waals surface area (Å²) in [5.41, 5.74) is 3.31. The second kappa shape index (κ2) is 6.88. The number of aromatic nitrogens is 2. The molecule has 1 aliphatic carbocycles. The SMILES string of the molecule is Cc1cc2[nH]c(=O)[nH]c2cc1NS(=O)(=O)c1ccc(C2CCCCC2)cc1. The molecule has 3 N–H and O–H groups in total. The van der Waals surface area contributed by atoms with E-state index in [0.29, 0.717) is 22.6 Å². The highest BCUT2D eigenvalue weighted by molar-refractivity contribution is 7.92. The molecule has 1 aliphatic rings. The molecule has 27 heavy (non-hydrogen) atoms. The van der Waals surface area contributed by atoms with Crippen LogP contribution in [0.3, 0.4) is 0 Å². The highest BCUT2D eigenvalue weighted by atomic mass is 32.2. The van der Waals surface area contributed by atoms with Crippen LogP contribution >= 0.6 is 0 Å². The Morgan fingerprint density at radius 3 is 2.26 bits per heavy atom. The van der Waals surface area contributed by atoms with Crippen molar-refractivity contribution in [2.24, 2.45) is 0 Å². The van der Waals surface area contributed by atoms with Gasteiger partial charge in [-0.1, -0.05) is 31.4 Å². The molecule has 1 fully saturated rings. The van der Waals surface area contributed by atoms with Crippen LogP contribution in [0.5, 0.6) is 0 Å².